The number of amides is 1. The second-order valence-electron chi connectivity index (χ2n) is 7.98. The van der Waals surface area contributed by atoms with Crippen molar-refractivity contribution in [1.29, 1.82) is 0 Å². The predicted molar refractivity (Wildman–Crippen MR) is 112 cm³/mol. The molecule has 0 aromatic carbocycles. The van der Waals surface area contributed by atoms with Gasteiger partial charge in [-0.15, -0.1) is 0 Å². The summed E-state index contributed by atoms with van der Waals surface area (Å²) in [5.74, 6) is -0.516. The van der Waals surface area contributed by atoms with Crippen molar-refractivity contribution in [3.63, 3.8) is 0 Å². The lowest BCUT2D eigenvalue weighted by atomic mass is 9.98. The second kappa shape index (κ2) is 9.50. The van der Waals surface area contributed by atoms with Crippen molar-refractivity contribution in [3.05, 3.63) is 30.2 Å². The molecular weight excluding hydrogens is 368 g/mol. The van der Waals surface area contributed by atoms with Gasteiger partial charge in [0.25, 0.3) is 5.91 Å². The zero-order valence-corrected chi connectivity index (χ0v) is 16.9. The van der Waals surface area contributed by atoms with Crippen LogP contribution in [0.3, 0.4) is 0 Å². The third-order valence-electron chi connectivity index (χ3n) is 5.96. The minimum Gasteiger partial charge on any atom is -0.376 e. The maximum absolute atomic E-state index is 11.5. The third kappa shape index (κ3) is 5.03. The van der Waals surface area contributed by atoms with Crippen molar-refractivity contribution in [2.45, 2.75) is 57.2 Å². The number of fused-ring (bicyclic) bond motifs is 1. The fourth-order valence-corrected chi connectivity index (χ4v) is 4.32. The van der Waals surface area contributed by atoms with E-state index in [0.29, 0.717) is 19.3 Å². The van der Waals surface area contributed by atoms with E-state index in [1.807, 2.05) is 12.3 Å². The number of pyridine rings is 2. The number of anilines is 1. The molecule has 29 heavy (non-hydrogen) atoms. The van der Waals surface area contributed by atoms with Gasteiger partial charge in [-0.2, -0.15) is 0 Å². The molecule has 2 aromatic rings. The number of primary amides is 1. The number of carbonyl (C=O) groups excluding carboxylic acids is 1. The summed E-state index contributed by atoms with van der Waals surface area (Å²) in [5, 5.41) is 0.908. The number of nitrogens with zero attached hydrogens (tertiary/aromatic N) is 3. The van der Waals surface area contributed by atoms with Crippen LogP contribution in [-0.2, 0) is 9.47 Å². The van der Waals surface area contributed by atoms with Gasteiger partial charge >= 0.3 is 0 Å². The molecule has 1 amide bonds. The highest BCUT2D eigenvalue weighted by Gasteiger charge is 2.22. The zero-order valence-electron chi connectivity index (χ0n) is 16.9. The molecule has 7 heteroatoms. The van der Waals surface area contributed by atoms with E-state index in [0.717, 1.165) is 42.5 Å². The van der Waals surface area contributed by atoms with E-state index in [1.165, 1.54) is 32.1 Å². The maximum atomic E-state index is 11.5. The van der Waals surface area contributed by atoms with Gasteiger partial charge < -0.3 is 20.1 Å². The molecule has 0 unspecified atom stereocenters. The summed E-state index contributed by atoms with van der Waals surface area (Å²) in [4.78, 5) is 22.6. The standard InChI is InChI=1S/C22H30N4O3/c23-22(27)19-7-6-16-14-24-15-20(21(16)25-19)26-10-8-18(9-11-26)29-13-12-28-17-4-2-1-3-5-17/h6-7,14-15,17-18H,1-5,8-13H2,(H2,23,27). The largest absolute Gasteiger partial charge is 0.376 e. The van der Waals surface area contributed by atoms with Gasteiger partial charge in [0.15, 0.2) is 0 Å². The number of nitrogens with two attached hydrogens (primary N) is 1. The topological polar surface area (TPSA) is 90.6 Å². The van der Waals surface area contributed by atoms with Gasteiger partial charge in [0.1, 0.15) is 5.69 Å². The molecule has 0 atom stereocenters. The highest BCUT2D eigenvalue weighted by Crippen LogP contribution is 2.27. The van der Waals surface area contributed by atoms with Crippen LogP contribution < -0.4 is 10.6 Å². The van der Waals surface area contributed by atoms with E-state index in [2.05, 4.69) is 14.9 Å². The third-order valence-corrected chi connectivity index (χ3v) is 5.96. The minimum atomic E-state index is -0.516. The Balaban J connectivity index is 1.29. The summed E-state index contributed by atoms with van der Waals surface area (Å²) in [7, 11) is 0. The molecule has 2 aliphatic rings. The molecule has 2 fully saturated rings. The molecule has 1 aliphatic carbocycles. The average molecular weight is 399 g/mol. The summed E-state index contributed by atoms with van der Waals surface area (Å²) in [6.45, 7) is 3.10. The van der Waals surface area contributed by atoms with Gasteiger partial charge in [-0.1, -0.05) is 19.3 Å². The van der Waals surface area contributed by atoms with E-state index in [1.54, 1.807) is 12.3 Å². The number of hydrogen-bond donors (Lipinski definition) is 1. The first-order valence-corrected chi connectivity index (χ1v) is 10.7. The number of piperidine rings is 1. The van der Waals surface area contributed by atoms with Gasteiger partial charge in [0, 0.05) is 24.7 Å². The van der Waals surface area contributed by atoms with E-state index < -0.39 is 5.91 Å². The van der Waals surface area contributed by atoms with Crippen LogP contribution in [0.1, 0.15) is 55.4 Å². The summed E-state index contributed by atoms with van der Waals surface area (Å²) in [5.41, 5.74) is 7.40. The molecule has 1 aliphatic heterocycles. The van der Waals surface area contributed by atoms with Crippen LogP contribution in [0.2, 0.25) is 0 Å². The summed E-state index contributed by atoms with van der Waals surface area (Å²) >= 11 is 0. The van der Waals surface area contributed by atoms with Gasteiger partial charge in [0.2, 0.25) is 0 Å². The molecular formula is C22H30N4O3. The van der Waals surface area contributed by atoms with Crippen molar-refractivity contribution in [1.82, 2.24) is 9.97 Å². The fourth-order valence-electron chi connectivity index (χ4n) is 4.32. The maximum Gasteiger partial charge on any atom is 0.267 e. The van der Waals surface area contributed by atoms with Crippen molar-refractivity contribution >= 4 is 22.5 Å². The molecule has 2 aromatic heterocycles. The van der Waals surface area contributed by atoms with E-state index in [-0.39, 0.29) is 11.8 Å². The highest BCUT2D eigenvalue weighted by atomic mass is 16.5. The van der Waals surface area contributed by atoms with Gasteiger partial charge in [-0.05, 0) is 37.8 Å². The number of rotatable bonds is 7. The van der Waals surface area contributed by atoms with Crippen molar-refractivity contribution in [2.75, 3.05) is 31.2 Å². The van der Waals surface area contributed by atoms with Crippen molar-refractivity contribution in [2.24, 2.45) is 5.73 Å². The summed E-state index contributed by atoms with van der Waals surface area (Å²) < 4.78 is 12.0. The van der Waals surface area contributed by atoms with Crippen molar-refractivity contribution < 1.29 is 14.3 Å². The normalized spacial score (nSPS) is 19.0. The Hall–Kier alpha value is -2.25. The first-order valence-electron chi connectivity index (χ1n) is 10.7. The van der Waals surface area contributed by atoms with Crippen LogP contribution in [0, 0.1) is 0 Å². The monoisotopic (exact) mass is 398 g/mol. The van der Waals surface area contributed by atoms with Crippen LogP contribution in [0.25, 0.3) is 10.9 Å². The Morgan fingerprint density at radius 2 is 1.69 bits per heavy atom. The smallest absolute Gasteiger partial charge is 0.267 e. The summed E-state index contributed by atoms with van der Waals surface area (Å²) in [6.07, 6.45) is 12.5. The molecule has 2 N–H and O–H groups in total. The quantitative estimate of drug-likeness (QED) is 0.721. The molecule has 3 heterocycles. The van der Waals surface area contributed by atoms with Crippen LogP contribution >= 0.6 is 0 Å². The van der Waals surface area contributed by atoms with Crippen LogP contribution in [0.5, 0.6) is 0 Å². The first-order chi connectivity index (χ1) is 14.2. The molecule has 0 bridgehead atoms. The molecule has 7 nitrogen and oxygen atoms in total. The van der Waals surface area contributed by atoms with Gasteiger partial charge in [-0.25, -0.2) is 4.98 Å². The second-order valence-corrected chi connectivity index (χ2v) is 7.98. The fraction of sp³-hybridized carbons (Fsp3) is 0.591. The van der Waals surface area contributed by atoms with E-state index in [4.69, 9.17) is 15.2 Å². The molecule has 1 saturated heterocycles. The van der Waals surface area contributed by atoms with Crippen LogP contribution in [0.15, 0.2) is 24.5 Å². The number of aromatic nitrogens is 2. The Labute approximate surface area is 171 Å². The lowest BCUT2D eigenvalue weighted by molar-refractivity contribution is -0.0369. The predicted octanol–water partition coefficient (Wildman–Crippen LogP) is 3.06. The Kier molecular flexibility index (Phi) is 6.56. The number of hydrogen-bond acceptors (Lipinski definition) is 6. The molecule has 0 radical (unpaired) electrons. The SMILES string of the molecule is NC(=O)c1ccc2cncc(N3CCC(OCCOC4CCCCC4)CC3)c2n1. The lowest BCUT2D eigenvalue weighted by Gasteiger charge is -2.33. The first kappa shape index (κ1) is 20.0. The Morgan fingerprint density at radius 3 is 2.38 bits per heavy atom. The van der Waals surface area contributed by atoms with Crippen LogP contribution in [-0.4, -0.2) is 54.4 Å². The molecule has 0 spiro atoms. The van der Waals surface area contributed by atoms with Crippen molar-refractivity contribution in [3.8, 4) is 0 Å². The minimum absolute atomic E-state index is 0.262. The molecule has 4 rings (SSSR count). The van der Waals surface area contributed by atoms with E-state index in [9.17, 15) is 4.79 Å². The molecule has 156 valence electrons. The lowest BCUT2D eigenvalue weighted by Crippen LogP contribution is -2.37. The van der Waals surface area contributed by atoms with Gasteiger partial charge in [-0.3, -0.25) is 9.78 Å². The van der Waals surface area contributed by atoms with Crippen LogP contribution in [0.4, 0.5) is 5.69 Å². The summed E-state index contributed by atoms with van der Waals surface area (Å²) in [6, 6.07) is 3.49. The Morgan fingerprint density at radius 1 is 1.00 bits per heavy atom. The number of carbonyl (C=O) groups is 1. The zero-order chi connectivity index (χ0) is 20.1. The van der Waals surface area contributed by atoms with Gasteiger partial charge in [0.05, 0.1) is 42.8 Å². The highest BCUT2D eigenvalue weighted by molar-refractivity contribution is 5.96. The number of ether oxygens (including phenoxy) is 2. The Bertz CT molecular complexity index is 830. The van der Waals surface area contributed by atoms with E-state index >= 15 is 0 Å². The average Bonchev–Trinajstić information content (AvgIpc) is 2.77. The molecule has 1 saturated carbocycles.